The molecule has 1 saturated heterocycles. The van der Waals surface area contributed by atoms with Crippen molar-refractivity contribution in [1.82, 2.24) is 19.7 Å². The number of likely N-dealkylation sites (tertiary alicyclic amines) is 1. The highest BCUT2D eigenvalue weighted by molar-refractivity contribution is 7.15. The van der Waals surface area contributed by atoms with Crippen molar-refractivity contribution in [3.05, 3.63) is 47.1 Å². The topological polar surface area (TPSA) is 98.6 Å². The van der Waals surface area contributed by atoms with Crippen LogP contribution in [0, 0.1) is 0 Å². The monoisotopic (exact) mass is 441 g/mol. The average Bonchev–Trinajstić information content (AvgIpc) is 3.28. The first-order valence-corrected chi connectivity index (χ1v) is 10.7. The Morgan fingerprint density at radius 3 is 2.61 bits per heavy atom. The number of benzene rings is 1. The summed E-state index contributed by atoms with van der Waals surface area (Å²) in [6.45, 7) is 5.35. The zero-order chi connectivity index (χ0) is 22.0. The Bertz CT molecular complexity index is 1100. The maximum absolute atomic E-state index is 12.7. The van der Waals surface area contributed by atoms with Crippen molar-refractivity contribution in [2.75, 3.05) is 18.4 Å². The summed E-state index contributed by atoms with van der Waals surface area (Å²) in [5, 5.41) is 7.23. The molecular formula is C21H23N5O4S. The van der Waals surface area contributed by atoms with Gasteiger partial charge in [-0.15, -0.1) is 0 Å². The average molecular weight is 442 g/mol. The Balaban J connectivity index is 1.54. The molecule has 0 bridgehead atoms. The molecule has 0 spiro atoms. The first-order chi connectivity index (χ1) is 14.9. The zero-order valence-electron chi connectivity index (χ0n) is 17.5. The second-order valence-electron chi connectivity index (χ2n) is 7.43. The molecule has 162 valence electrons. The van der Waals surface area contributed by atoms with E-state index in [1.54, 1.807) is 47.1 Å². The number of amides is 2. The summed E-state index contributed by atoms with van der Waals surface area (Å²) in [6, 6.07) is 6.64. The highest BCUT2D eigenvalue weighted by Gasteiger charge is 2.24. The van der Waals surface area contributed by atoms with Crippen molar-refractivity contribution in [3.8, 4) is 16.7 Å². The minimum Gasteiger partial charge on any atom is -0.491 e. The maximum atomic E-state index is 12.7. The Kier molecular flexibility index (Phi) is 5.90. The van der Waals surface area contributed by atoms with E-state index in [1.807, 2.05) is 13.8 Å². The van der Waals surface area contributed by atoms with Crippen molar-refractivity contribution in [3.63, 3.8) is 0 Å². The van der Waals surface area contributed by atoms with Crippen LogP contribution in [0.3, 0.4) is 0 Å². The van der Waals surface area contributed by atoms with Crippen molar-refractivity contribution in [1.29, 1.82) is 0 Å². The summed E-state index contributed by atoms with van der Waals surface area (Å²) in [4.78, 5) is 31.6. The van der Waals surface area contributed by atoms with E-state index in [1.165, 1.54) is 17.5 Å². The van der Waals surface area contributed by atoms with Gasteiger partial charge >= 0.3 is 0 Å². The minimum absolute atomic E-state index is 0.0362. The van der Waals surface area contributed by atoms with Crippen LogP contribution >= 0.6 is 11.3 Å². The van der Waals surface area contributed by atoms with Crippen LogP contribution in [0.5, 0.6) is 16.7 Å². The van der Waals surface area contributed by atoms with Gasteiger partial charge < -0.3 is 19.7 Å². The molecular weight excluding hydrogens is 418 g/mol. The molecule has 9 nitrogen and oxygen atoms in total. The number of anilines is 1. The van der Waals surface area contributed by atoms with Crippen LogP contribution in [0.15, 0.2) is 36.7 Å². The van der Waals surface area contributed by atoms with Crippen LogP contribution in [0.4, 0.5) is 5.82 Å². The fraction of sp³-hybridized carbons (Fsp3) is 0.333. The number of hydrogen-bond donors (Lipinski definition) is 1. The molecule has 1 N–H and O–H groups in total. The molecule has 0 aliphatic carbocycles. The van der Waals surface area contributed by atoms with E-state index < -0.39 is 0 Å². The van der Waals surface area contributed by atoms with E-state index in [0.717, 1.165) is 19.5 Å². The van der Waals surface area contributed by atoms with Gasteiger partial charge in [0.05, 0.1) is 12.3 Å². The summed E-state index contributed by atoms with van der Waals surface area (Å²) in [7, 11) is 1.77. The largest absolute Gasteiger partial charge is 0.491 e. The molecule has 0 saturated carbocycles. The van der Waals surface area contributed by atoms with Crippen molar-refractivity contribution < 1.29 is 19.1 Å². The van der Waals surface area contributed by atoms with Crippen molar-refractivity contribution >= 4 is 29.0 Å². The second kappa shape index (κ2) is 8.76. The van der Waals surface area contributed by atoms with Crippen LogP contribution in [0.2, 0.25) is 0 Å². The Hall–Kier alpha value is -3.40. The van der Waals surface area contributed by atoms with E-state index in [0.29, 0.717) is 33.0 Å². The number of nitrogens with one attached hydrogen (secondary N) is 1. The van der Waals surface area contributed by atoms with Gasteiger partial charge in [-0.1, -0.05) is 11.3 Å². The lowest BCUT2D eigenvalue weighted by Crippen LogP contribution is -2.41. The van der Waals surface area contributed by atoms with E-state index >= 15 is 0 Å². The van der Waals surface area contributed by atoms with E-state index in [9.17, 15) is 9.59 Å². The number of carbonyl (C=O) groups is 2. The molecule has 2 amide bonds. The van der Waals surface area contributed by atoms with Gasteiger partial charge in [-0.25, -0.2) is 4.98 Å². The summed E-state index contributed by atoms with van der Waals surface area (Å²) >= 11 is 1.17. The van der Waals surface area contributed by atoms with E-state index in [-0.39, 0.29) is 17.9 Å². The number of carbonyl (C=O) groups excluding carboxylic acids is 2. The zero-order valence-corrected chi connectivity index (χ0v) is 18.3. The predicted molar refractivity (Wildman–Crippen MR) is 116 cm³/mol. The highest BCUT2D eigenvalue weighted by Crippen LogP contribution is 2.31. The number of aromatic nitrogens is 3. The van der Waals surface area contributed by atoms with Gasteiger partial charge in [0, 0.05) is 44.0 Å². The summed E-state index contributed by atoms with van der Waals surface area (Å²) in [6.07, 6.45) is 4.20. The van der Waals surface area contributed by atoms with E-state index in [4.69, 9.17) is 9.47 Å². The summed E-state index contributed by atoms with van der Waals surface area (Å²) < 4.78 is 13.2. The van der Waals surface area contributed by atoms with Crippen LogP contribution in [-0.4, -0.2) is 50.7 Å². The van der Waals surface area contributed by atoms with E-state index in [2.05, 4.69) is 15.4 Å². The number of aryl methyl sites for hydroxylation is 1. The van der Waals surface area contributed by atoms with Crippen LogP contribution in [0.25, 0.3) is 0 Å². The van der Waals surface area contributed by atoms with Gasteiger partial charge in [0.1, 0.15) is 16.4 Å². The quantitative estimate of drug-likeness (QED) is 0.602. The van der Waals surface area contributed by atoms with Crippen LogP contribution in [0.1, 0.15) is 40.3 Å². The molecule has 1 fully saturated rings. The number of ether oxygens (including phenoxy) is 2. The van der Waals surface area contributed by atoms with Gasteiger partial charge in [-0.05, 0) is 32.4 Å². The van der Waals surface area contributed by atoms with Gasteiger partial charge in [-0.3, -0.25) is 14.3 Å². The first kappa shape index (κ1) is 20.9. The third-order valence-corrected chi connectivity index (χ3v) is 5.38. The third-order valence-electron chi connectivity index (χ3n) is 4.51. The van der Waals surface area contributed by atoms with Gasteiger partial charge in [-0.2, -0.15) is 5.10 Å². The summed E-state index contributed by atoms with van der Waals surface area (Å²) in [5.41, 5.74) is 0.354. The molecule has 2 aromatic heterocycles. The molecule has 31 heavy (non-hydrogen) atoms. The van der Waals surface area contributed by atoms with Crippen LogP contribution in [-0.2, 0) is 7.05 Å². The Labute approximate surface area is 183 Å². The van der Waals surface area contributed by atoms with Gasteiger partial charge in [0.2, 0.25) is 0 Å². The standard InChI is InChI=1S/C21H23N5O4S/c1-13(2)29-15-9-14(19(27)23-18-5-8-25(3)24-18)10-16(11-15)30-21-22-12-17(31-21)20(28)26-6-4-7-26/h5,8-13H,4,6-7H2,1-3H3,(H,23,24,27). The lowest BCUT2D eigenvalue weighted by molar-refractivity contribution is 0.0656. The Morgan fingerprint density at radius 1 is 1.19 bits per heavy atom. The van der Waals surface area contributed by atoms with Crippen LogP contribution < -0.4 is 14.8 Å². The normalized spacial score (nSPS) is 13.1. The molecule has 0 atom stereocenters. The smallest absolute Gasteiger partial charge is 0.279 e. The number of nitrogens with zero attached hydrogens (tertiary/aromatic N) is 4. The molecule has 10 heteroatoms. The molecule has 1 aromatic carbocycles. The molecule has 1 aliphatic heterocycles. The van der Waals surface area contributed by atoms with Crippen molar-refractivity contribution in [2.24, 2.45) is 7.05 Å². The first-order valence-electron chi connectivity index (χ1n) is 9.93. The molecule has 3 aromatic rings. The number of rotatable bonds is 7. The number of thiazole rings is 1. The Morgan fingerprint density at radius 2 is 1.97 bits per heavy atom. The number of hydrogen-bond acceptors (Lipinski definition) is 7. The fourth-order valence-electron chi connectivity index (χ4n) is 2.95. The van der Waals surface area contributed by atoms with Crippen molar-refractivity contribution in [2.45, 2.75) is 26.4 Å². The molecule has 0 radical (unpaired) electrons. The minimum atomic E-state index is -0.342. The molecule has 3 heterocycles. The highest BCUT2D eigenvalue weighted by atomic mass is 32.1. The summed E-state index contributed by atoms with van der Waals surface area (Å²) in [5.74, 6) is 0.949. The fourth-order valence-corrected chi connectivity index (χ4v) is 3.71. The predicted octanol–water partition coefficient (Wildman–Crippen LogP) is 3.55. The van der Waals surface area contributed by atoms with Gasteiger partial charge in [0.15, 0.2) is 5.82 Å². The molecule has 1 aliphatic rings. The SMILES string of the molecule is CC(C)Oc1cc(Oc2ncc(C(=O)N3CCC3)s2)cc(C(=O)Nc2ccn(C)n2)c1. The lowest BCUT2D eigenvalue weighted by Gasteiger charge is -2.30. The molecule has 0 unspecified atom stereocenters. The second-order valence-corrected chi connectivity index (χ2v) is 8.42. The maximum Gasteiger partial charge on any atom is 0.279 e. The lowest BCUT2D eigenvalue weighted by atomic mass is 10.2. The third kappa shape index (κ3) is 5.02. The molecule has 4 rings (SSSR count). The van der Waals surface area contributed by atoms with Gasteiger partial charge in [0.25, 0.3) is 17.0 Å².